The number of alkyl halides is 1. The number of rotatable bonds is 1. The molecule has 0 N–H and O–H groups in total. The summed E-state index contributed by atoms with van der Waals surface area (Å²) in [6, 6.07) is 8.89. The molecule has 0 heterocycles. The fourth-order valence-corrected chi connectivity index (χ4v) is 5.20. The molecule has 0 amide bonds. The second-order valence-electron chi connectivity index (χ2n) is 5.78. The molecule has 17 heavy (non-hydrogen) atoms. The van der Waals surface area contributed by atoms with Crippen molar-refractivity contribution >= 4 is 31.9 Å². The van der Waals surface area contributed by atoms with Gasteiger partial charge >= 0.3 is 0 Å². The van der Waals surface area contributed by atoms with Gasteiger partial charge in [-0.2, -0.15) is 0 Å². The Morgan fingerprint density at radius 1 is 1.00 bits per heavy atom. The van der Waals surface area contributed by atoms with Crippen LogP contribution >= 0.6 is 31.9 Å². The lowest BCUT2D eigenvalue weighted by Gasteiger charge is -2.44. The minimum Gasteiger partial charge on any atom is -0.0801 e. The van der Waals surface area contributed by atoms with Crippen LogP contribution in [0.5, 0.6) is 0 Å². The minimum absolute atomic E-state index is 0.252. The van der Waals surface area contributed by atoms with Crippen LogP contribution in [0.3, 0.4) is 0 Å². The number of hydrogen-bond donors (Lipinski definition) is 0. The fraction of sp³-hybridized carbons (Fsp3) is 0.600. The van der Waals surface area contributed by atoms with Crippen LogP contribution in [0, 0.1) is 11.8 Å². The quantitative estimate of drug-likeness (QED) is 0.570. The van der Waals surface area contributed by atoms with Gasteiger partial charge in [0.25, 0.3) is 0 Å². The highest BCUT2D eigenvalue weighted by atomic mass is 79.9. The zero-order chi connectivity index (χ0) is 11.9. The van der Waals surface area contributed by atoms with Gasteiger partial charge in [-0.1, -0.05) is 63.3 Å². The molecule has 3 rings (SSSR count). The van der Waals surface area contributed by atoms with E-state index in [0.29, 0.717) is 0 Å². The van der Waals surface area contributed by atoms with E-state index in [1.54, 1.807) is 0 Å². The van der Waals surface area contributed by atoms with Crippen LogP contribution in [0.1, 0.15) is 44.1 Å². The van der Waals surface area contributed by atoms with Crippen molar-refractivity contribution in [2.45, 2.75) is 42.8 Å². The predicted molar refractivity (Wildman–Crippen MR) is 79.4 cm³/mol. The minimum atomic E-state index is 0.252. The summed E-state index contributed by atoms with van der Waals surface area (Å²) in [5.41, 5.74) is 1.47. The van der Waals surface area contributed by atoms with Gasteiger partial charge in [0, 0.05) is 4.47 Å². The molecule has 2 aliphatic rings. The Labute approximate surface area is 120 Å². The van der Waals surface area contributed by atoms with E-state index in [2.05, 4.69) is 56.1 Å². The number of hydrogen-bond acceptors (Lipinski definition) is 0. The standard InChI is InChI=1S/C15H18Br2/c16-14-6-4-13(5-7-14)15(17)9-11-2-1-3-12(8-11)10-15/h4-7,11-12H,1-3,8-10H2. The topological polar surface area (TPSA) is 0 Å². The van der Waals surface area contributed by atoms with E-state index in [4.69, 9.17) is 0 Å². The van der Waals surface area contributed by atoms with Gasteiger partial charge in [0.05, 0.1) is 4.32 Å². The second-order valence-corrected chi connectivity index (χ2v) is 8.21. The Hall–Kier alpha value is 0.180. The molecule has 0 nitrogen and oxygen atoms in total. The first kappa shape index (κ1) is 12.2. The molecule has 0 aromatic heterocycles. The molecule has 1 aromatic rings. The summed E-state index contributed by atoms with van der Waals surface area (Å²) in [4.78, 5) is 0. The first-order valence-corrected chi connectivity index (χ1v) is 8.19. The normalized spacial score (nSPS) is 36.8. The zero-order valence-corrected chi connectivity index (χ0v) is 13.1. The SMILES string of the molecule is Brc1ccc(C2(Br)CC3CCCC(C3)C2)cc1. The maximum atomic E-state index is 4.07. The van der Waals surface area contributed by atoms with Crippen LogP contribution in [0.2, 0.25) is 0 Å². The Morgan fingerprint density at radius 2 is 1.59 bits per heavy atom. The van der Waals surface area contributed by atoms with E-state index in [9.17, 15) is 0 Å². The van der Waals surface area contributed by atoms with E-state index in [0.717, 1.165) is 11.8 Å². The van der Waals surface area contributed by atoms with Crippen molar-refractivity contribution in [3.05, 3.63) is 34.3 Å². The van der Waals surface area contributed by atoms with Gasteiger partial charge < -0.3 is 0 Å². The molecule has 1 aromatic carbocycles. The molecule has 0 saturated heterocycles. The number of benzene rings is 1. The second kappa shape index (κ2) is 4.70. The fourth-order valence-electron chi connectivity index (χ4n) is 3.76. The van der Waals surface area contributed by atoms with Crippen LogP contribution in [-0.4, -0.2) is 0 Å². The maximum Gasteiger partial charge on any atom is 0.0511 e. The molecule has 0 aliphatic heterocycles. The summed E-state index contributed by atoms with van der Waals surface area (Å²) in [6.45, 7) is 0. The van der Waals surface area contributed by atoms with Crippen molar-refractivity contribution in [2.24, 2.45) is 11.8 Å². The smallest absolute Gasteiger partial charge is 0.0511 e. The highest BCUT2D eigenvalue weighted by Gasteiger charge is 2.41. The molecule has 2 heteroatoms. The lowest BCUT2D eigenvalue weighted by atomic mass is 9.66. The lowest BCUT2D eigenvalue weighted by Crippen LogP contribution is -2.34. The third-order valence-electron chi connectivity index (χ3n) is 4.48. The molecular weight excluding hydrogens is 340 g/mol. The Morgan fingerprint density at radius 3 is 2.18 bits per heavy atom. The summed E-state index contributed by atoms with van der Waals surface area (Å²) in [5.74, 6) is 1.90. The Balaban J connectivity index is 1.87. The number of fused-ring (bicyclic) bond motifs is 2. The van der Waals surface area contributed by atoms with Gasteiger partial charge in [-0.25, -0.2) is 0 Å². The van der Waals surface area contributed by atoms with Gasteiger partial charge in [0.15, 0.2) is 0 Å². The van der Waals surface area contributed by atoms with Crippen LogP contribution < -0.4 is 0 Å². The average Bonchev–Trinajstić information content (AvgIpc) is 2.29. The van der Waals surface area contributed by atoms with Gasteiger partial charge in [0.2, 0.25) is 0 Å². The molecule has 2 fully saturated rings. The van der Waals surface area contributed by atoms with E-state index in [1.165, 1.54) is 48.6 Å². The summed E-state index contributed by atoms with van der Waals surface area (Å²) in [6.07, 6.45) is 8.47. The van der Waals surface area contributed by atoms with E-state index in [1.807, 2.05) is 0 Å². The molecule has 2 atom stereocenters. The van der Waals surface area contributed by atoms with Crippen LogP contribution in [0.25, 0.3) is 0 Å². The summed E-state index contributed by atoms with van der Waals surface area (Å²) in [7, 11) is 0. The largest absolute Gasteiger partial charge is 0.0801 e. The Bertz CT molecular complexity index is 384. The molecule has 2 aliphatic carbocycles. The summed E-state index contributed by atoms with van der Waals surface area (Å²) >= 11 is 7.59. The van der Waals surface area contributed by atoms with Crippen molar-refractivity contribution in [3.8, 4) is 0 Å². The molecule has 2 bridgehead atoms. The van der Waals surface area contributed by atoms with Crippen molar-refractivity contribution in [1.29, 1.82) is 0 Å². The van der Waals surface area contributed by atoms with E-state index in [-0.39, 0.29) is 4.32 Å². The molecule has 0 spiro atoms. The third-order valence-corrected chi connectivity index (χ3v) is 6.11. The monoisotopic (exact) mass is 356 g/mol. The highest BCUT2D eigenvalue weighted by molar-refractivity contribution is 9.10. The summed E-state index contributed by atoms with van der Waals surface area (Å²) in [5, 5.41) is 0. The average molecular weight is 358 g/mol. The molecule has 2 unspecified atom stereocenters. The third kappa shape index (κ3) is 2.49. The first-order chi connectivity index (χ1) is 8.16. The highest BCUT2D eigenvalue weighted by Crippen LogP contribution is 2.53. The lowest BCUT2D eigenvalue weighted by molar-refractivity contribution is 0.158. The molecular formula is C15H18Br2. The first-order valence-electron chi connectivity index (χ1n) is 6.61. The molecule has 92 valence electrons. The van der Waals surface area contributed by atoms with Gasteiger partial charge in [-0.15, -0.1) is 0 Å². The van der Waals surface area contributed by atoms with Crippen molar-refractivity contribution in [3.63, 3.8) is 0 Å². The number of halogens is 2. The van der Waals surface area contributed by atoms with Crippen LogP contribution in [0.4, 0.5) is 0 Å². The molecule has 0 radical (unpaired) electrons. The van der Waals surface area contributed by atoms with Gasteiger partial charge in [0.1, 0.15) is 0 Å². The van der Waals surface area contributed by atoms with Crippen LogP contribution in [-0.2, 0) is 4.32 Å². The van der Waals surface area contributed by atoms with E-state index < -0.39 is 0 Å². The predicted octanol–water partition coefficient (Wildman–Crippen LogP) is 5.64. The maximum absolute atomic E-state index is 4.07. The molecule has 2 saturated carbocycles. The van der Waals surface area contributed by atoms with Crippen LogP contribution in [0.15, 0.2) is 28.7 Å². The summed E-state index contributed by atoms with van der Waals surface area (Å²) < 4.78 is 1.43. The van der Waals surface area contributed by atoms with Crippen molar-refractivity contribution < 1.29 is 0 Å². The van der Waals surface area contributed by atoms with Gasteiger partial charge in [-0.05, 0) is 48.8 Å². The zero-order valence-electron chi connectivity index (χ0n) is 9.96. The van der Waals surface area contributed by atoms with E-state index >= 15 is 0 Å². The van der Waals surface area contributed by atoms with Crippen molar-refractivity contribution in [2.75, 3.05) is 0 Å². The van der Waals surface area contributed by atoms with Gasteiger partial charge in [-0.3, -0.25) is 0 Å². The Kier molecular flexibility index (Phi) is 3.38. The van der Waals surface area contributed by atoms with Crippen molar-refractivity contribution in [1.82, 2.24) is 0 Å².